The van der Waals surface area contributed by atoms with Crippen molar-refractivity contribution in [2.75, 3.05) is 12.0 Å². The molecule has 0 unspecified atom stereocenters. The minimum absolute atomic E-state index is 0.0908. The molecule has 4 amide bonds. The second-order valence-electron chi connectivity index (χ2n) is 6.74. The van der Waals surface area contributed by atoms with Gasteiger partial charge in [0.05, 0.1) is 11.8 Å². The molecule has 0 spiro atoms. The first-order valence-electron chi connectivity index (χ1n) is 8.38. The van der Waals surface area contributed by atoms with Crippen molar-refractivity contribution in [3.05, 3.63) is 40.9 Å². The Bertz CT molecular complexity index is 729. The van der Waals surface area contributed by atoms with Gasteiger partial charge in [-0.3, -0.25) is 14.5 Å². The Hall–Kier alpha value is -2.15. The average Bonchev–Trinajstić information content (AvgIpc) is 2.89. The first kappa shape index (κ1) is 16.3. The van der Waals surface area contributed by atoms with Gasteiger partial charge in [-0.2, -0.15) is 0 Å². The highest BCUT2D eigenvalue weighted by Gasteiger charge is 2.56. The van der Waals surface area contributed by atoms with Crippen LogP contribution in [0.1, 0.15) is 12.8 Å². The molecule has 2 bridgehead atoms. The summed E-state index contributed by atoms with van der Waals surface area (Å²) in [6, 6.07) is 6.70. The summed E-state index contributed by atoms with van der Waals surface area (Å²) in [5.74, 6) is -0.475. The monoisotopic (exact) mass is 403 g/mol. The van der Waals surface area contributed by atoms with Gasteiger partial charge in [0.2, 0.25) is 11.8 Å². The van der Waals surface area contributed by atoms with Crippen molar-refractivity contribution < 1.29 is 14.4 Å². The van der Waals surface area contributed by atoms with E-state index in [9.17, 15) is 14.4 Å². The molecule has 2 fully saturated rings. The summed E-state index contributed by atoms with van der Waals surface area (Å²) < 4.78 is 0.914. The van der Waals surface area contributed by atoms with Crippen molar-refractivity contribution >= 4 is 39.5 Å². The molecule has 25 heavy (non-hydrogen) atoms. The number of carbonyl (C=O) groups is 3. The van der Waals surface area contributed by atoms with Gasteiger partial charge in [-0.1, -0.05) is 28.1 Å². The van der Waals surface area contributed by atoms with Crippen LogP contribution in [0.25, 0.3) is 0 Å². The number of nitrogens with zero attached hydrogens (tertiary/aromatic N) is 1. The molecule has 2 N–H and O–H groups in total. The Morgan fingerprint density at radius 3 is 2.12 bits per heavy atom. The third-order valence-electron chi connectivity index (χ3n) is 5.35. The van der Waals surface area contributed by atoms with Gasteiger partial charge in [0, 0.05) is 10.2 Å². The lowest BCUT2D eigenvalue weighted by Gasteiger charge is -2.38. The Morgan fingerprint density at radius 1 is 1.04 bits per heavy atom. The smallest absolute Gasteiger partial charge is 0.320 e. The third kappa shape index (κ3) is 2.86. The summed E-state index contributed by atoms with van der Waals surface area (Å²) in [4.78, 5) is 38.5. The molecule has 0 radical (unpaired) electrons. The highest BCUT2D eigenvalue weighted by molar-refractivity contribution is 9.10. The quantitative estimate of drug-likeness (QED) is 0.601. The second-order valence-corrected chi connectivity index (χ2v) is 7.66. The number of urea groups is 1. The van der Waals surface area contributed by atoms with E-state index in [2.05, 4.69) is 38.7 Å². The lowest BCUT2D eigenvalue weighted by molar-refractivity contribution is -0.140. The molecule has 1 heterocycles. The maximum atomic E-state index is 12.6. The van der Waals surface area contributed by atoms with E-state index in [1.165, 1.54) is 4.90 Å². The summed E-state index contributed by atoms with van der Waals surface area (Å²) >= 11 is 3.33. The van der Waals surface area contributed by atoms with Crippen molar-refractivity contribution in [2.24, 2.45) is 23.7 Å². The molecule has 1 aromatic carbocycles. The van der Waals surface area contributed by atoms with Gasteiger partial charge in [0.15, 0.2) is 0 Å². The number of allylic oxidation sites excluding steroid dienone is 2. The number of carbonyl (C=O) groups excluding carboxylic acids is 3. The van der Waals surface area contributed by atoms with Crippen LogP contribution in [-0.2, 0) is 9.59 Å². The fraction of sp³-hybridized carbons (Fsp3) is 0.389. The lowest BCUT2D eigenvalue weighted by Crippen LogP contribution is -2.43. The zero-order valence-corrected chi connectivity index (χ0v) is 15.0. The molecule has 4 aliphatic rings. The number of benzene rings is 1. The van der Waals surface area contributed by atoms with E-state index in [0.717, 1.165) is 17.3 Å². The number of hydrogen-bond acceptors (Lipinski definition) is 3. The van der Waals surface area contributed by atoms with Gasteiger partial charge < -0.3 is 10.6 Å². The second kappa shape index (κ2) is 6.29. The fourth-order valence-corrected chi connectivity index (χ4v) is 4.42. The first-order chi connectivity index (χ1) is 12.0. The Morgan fingerprint density at radius 2 is 1.60 bits per heavy atom. The van der Waals surface area contributed by atoms with Gasteiger partial charge >= 0.3 is 6.03 Å². The van der Waals surface area contributed by atoms with Crippen molar-refractivity contribution in [3.63, 3.8) is 0 Å². The number of halogens is 1. The highest BCUT2D eigenvalue weighted by Crippen LogP contribution is 2.49. The maximum absolute atomic E-state index is 12.6. The van der Waals surface area contributed by atoms with E-state index in [0.29, 0.717) is 5.69 Å². The van der Waals surface area contributed by atoms with Crippen LogP contribution in [0.3, 0.4) is 0 Å². The van der Waals surface area contributed by atoms with Gasteiger partial charge in [0.25, 0.3) is 0 Å². The number of hydrogen-bond donors (Lipinski definition) is 2. The van der Waals surface area contributed by atoms with Gasteiger partial charge in [-0.05, 0) is 48.9 Å². The number of anilines is 1. The molecule has 7 heteroatoms. The summed E-state index contributed by atoms with van der Waals surface area (Å²) in [5.41, 5.74) is 0.635. The molecule has 4 atom stereocenters. The minimum Gasteiger partial charge on any atom is -0.320 e. The Labute approximate surface area is 153 Å². The Balaban J connectivity index is 1.38. The third-order valence-corrected chi connectivity index (χ3v) is 5.88. The summed E-state index contributed by atoms with van der Waals surface area (Å²) in [6.07, 6.45) is 6.09. The van der Waals surface area contributed by atoms with Crippen LogP contribution in [0.15, 0.2) is 40.9 Å². The maximum Gasteiger partial charge on any atom is 0.320 e. The normalized spacial score (nSPS) is 29.7. The van der Waals surface area contributed by atoms with E-state index >= 15 is 0 Å². The molecule has 6 nitrogen and oxygen atoms in total. The molecule has 5 rings (SSSR count). The molecule has 1 aromatic rings. The van der Waals surface area contributed by atoms with Crippen LogP contribution < -0.4 is 10.6 Å². The van der Waals surface area contributed by atoms with E-state index in [1.54, 1.807) is 12.1 Å². The summed E-state index contributed by atoms with van der Waals surface area (Å²) in [7, 11) is 0. The van der Waals surface area contributed by atoms with E-state index < -0.39 is 6.03 Å². The molecule has 1 saturated carbocycles. The van der Waals surface area contributed by atoms with Gasteiger partial charge in [-0.15, -0.1) is 0 Å². The van der Waals surface area contributed by atoms with Crippen molar-refractivity contribution in [1.29, 1.82) is 0 Å². The number of imide groups is 1. The van der Waals surface area contributed by atoms with Crippen LogP contribution in [0.4, 0.5) is 10.5 Å². The minimum atomic E-state index is -0.445. The molecule has 1 aliphatic heterocycles. The van der Waals surface area contributed by atoms with E-state index in [1.807, 2.05) is 12.1 Å². The standard InChI is InChI=1S/C18H18BrN3O3/c19-12-5-7-13(8-6-12)21-18(25)20-9-22-16(23)14-10-1-2-11(4-3-10)15(14)17(22)24/h1-2,5-8,10-11,14-15H,3-4,9H2,(H2,20,21,25)/t10-,11-,14-,15+/m0/s1. The molecule has 0 aromatic heterocycles. The topological polar surface area (TPSA) is 78.5 Å². The molecule has 3 aliphatic carbocycles. The lowest BCUT2D eigenvalue weighted by atomic mass is 9.63. The van der Waals surface area contributed by atoms with Crippen LogP contribution in [0.2, 0.25) is 0 Å². The van der Waals surface area contributed by atoms with Crippen molar-refractivity contribution in [3.8, 4) is 0 Å². The van der Waals surface area contributed by atoms with E-state index in [4.69, 9.17) is 0 Å². The Kier molecular flexibility index (Phi) is 4.11. The van der Waals surface area contributed by atoms with Gasteiger partial charge in [-0.25, -0.2) is 4.79 Å². The van der Waals surface area contributed by atoms with Crippen LogP contribution in [0, 0.1) is 23.7 Å². The highest BCUT2D eigenvalue weighted by atomic mass is 79.9. The fourth-order valence-electron chi connectivity index (χ4n) is 4.15. The van der Waals surface area contributed by atoms with Crippen molar-refractivity contribution in [1.82, 2.24) is 10.2 Å². The zero-order valence-electron chi connectivity index (χ0n) is 13.4. The van der Waals surface area contributed by atoms with Crippen LogP contribution in [0.5, 0.6) is 0 Å². The van der Waals surface area contributed by atoms with Crippen molar-refractivity contribution in [2.45, 2.75) is 12.8 Å². The zero-order chi connectivity index (χ0) is 17.6. The largest absolute Gasteiger partial charge is 0.320 e. The number of fused-ring (bicyclic) bond motifs is 1. The summed E-state index contributed by atoms with van der Waals surface area (Å²) in [5, 5.41) is 5.29. The molecular weight excluding hydrogens is 386 g/mol. The average molecular weight is 404 g/mol. The number of nitrogens with one attached hydrogen (secondary N) is 2. The predicted molar refractivity (Wildman–Crippen MR) is 95.4 cm³/mol. The molecular formula is C18H18BrN3O3. The number of rotatable bonds is 3. The van der Waals surface area contributed by atoms with E-state index in [-0.39, 0.29) is 42.2 Å². The predicted octanol–water partition coefficient (Wildman–Crippen LogP) is 2.73. The van der Waals surface area contributed by atoms with Gasteiger partial charge in [0.1, 0.15) is 6.67 Å². The number of likely N-dealkylation sites (tertiary alicyclic amines) is 1. The summed E-state index contributed by atoms with van der Waals surface area (Å²) in [6.45, 7) is -0.0908. The molecule has 1 saturated heterocycles. The SMILES string of the molecule is O=C(NCN1C(=O)[C@@H]2[C@H](C1=O)[C@H]1C=C[C@H]2CC1)Nc1ccc(Br)cc1. The van der Waals surface area contributed by atoms with Crippen LogP contribution >= 0.6 is 15.9 Å². The molecule has 130 valence electrons. The van der Waals surface area contributed by atoms with Crippen LogP contribution in [-0.4, -0.2) is 29.4 Å². The number of amides is 4. The first-order valence-corrected chi connectivity index (χ1v) is 9.18.